The molecule has 0 amide bonds. The van der Waals surface area contributed by atoms with Crippen LogP contribution in [0.15, 0.2) is 40.6 Å². The lowest BCUT2D eigenvalue weighted by Crippen LogP contribution is -1.97. The molecule has 0 spiro atoms. The smallest absolute Gasteiger partial charge is 0.324 e. The van der Waals surface area contributed by atoms with Crippen molar-refractivity contribution >= 4 is 33.8 Å². The highest BCUT2D eigenvalue weighted by Gasteiger charge is 2.09. The Bertz CT molecular complexity index is 584. The van der Waals surface area contributed by atoms with Gasteiger partial charge in [-0.25, -0.2) is 0 Å². The minimum Gasteiger partial charge on any atom is -0.396 e. The van der Waals surface area contributed by atoms with E-state index in [0.29, 0.717) is 6.54 Å². The fraction of sp³-hybridized carbons (Fsp3) is 0.286. The van der Waals surface area contributed by atoms with E-state index in [1.54, 1.807) is 23.2 Å². The first-order valence-electron chi connectivity index (χ1n) is 6.48. The van der Waals surface area contributed by atoms with Crippen molar-refractivity contribution in [2.45, 2.75) is 17.9 Å². The van der Waals surface area contributed by atoms with Crippen molar-refractivity contribution in [2.24, 2.45) is 0 Å². The van der Waals surface area contributed by atoms with Gasteiger partial charge >= 0.3 is 5.00 Å². The molecular weight excluding hydrogens is 308 g/mol. The molecular formula is C14H16N2O3S2. The molecule has 0 saturated heterocycles. The fourth-order valence-corrected chi connectivity index (χ4v) is 3.25. The van der Waals surface area contributed by atoms with Gasteiger partial charge in [-0.1, -0.05) is 11.3 Å². The lowest BCUT2D eigenvalue weighted by molar-refractivity contribution is -0.380. The van der Waals surface area contributed by atoms with Crippen LogP contribution in [-0.2, 0) is 6.54 Å². The first-order chi connectivity index (χ1) is 10.2. The van der Waals surface area contributed by atoms with Crippen LogP contribution in [0, 0.1) is 10.1 Å². The monoisotopic (exact) mass is 324 g/mol. The molecule has 0 bridgehead atoms. The Morgan fingerprint density at radius 2 is 2.10 bits per heavy atom. The normalized spacial score (nSPS) is 10.5. The van der Waals surface area contributed by atoms with E-state index in [0.717, 1.165) is 34.8 Å². The van der Waals surface area contributed by atoms with Gasteiger partial charge < -0.3 is 10.4 Å². The predicted molar refractivity (Wildman–Crippen MR) is 87.2 cm³/mol. The molecule has 0 radical (unpaired) electrons. The van der Waals surface area contributed by atoms with Crippen LogP contribution in [0.5, 0.6) is 0 Å². The molecule has 0 aliphatic heterocycles. The van der Waals surface area contributed by atoms with Crippen molar-refractivity contribution in [1.29, 1.82) is 0 Å². The average Bonchev–Trinajstić information content (AvgIpc) is 2.96. The summed E-state index contributed by atoms with van der Waals surface area (Å²) in [5, 5.41) is 24.6. The standard InChI is InChI=1S/C14H16N2O3S2/c17-6-1-7-20-13-4-2-12(3-5-13)15-9-11-8-14(16(18)19)21-10-11/h2-5,8,10,15,17H,1,6-7,9H2. The summed E-state index contributed by atoms with van der Waals surface area (Å²) in [6.07, 6.45) is 0.793. The molecule has 21 heavy (non-hydrogen) atoms. The van der Waals surface area contributed by atoms with Gasteiger partial charge in [0, 0.05) is 40.9 Å². The van der Waals surface area contributed by atoms with Crippen LogP contribution in [0.4, 0.5) is 10.7 Å². The number of nitrogens with one attached hydrogen (secondary N) is 1. The van der Waals surface area contributed by atoms with Crippen LogP contribution in [-0.4, -0.2) is 22.4 Å². The number of benzene rings is 1. The van der Waals surface area contributed by atoms with Crippen molar-refractivity contribution in [1.82, 2.24) is 0 Å². The lowest BCUT2D eigenvalue weighted by atomic mass is 10.3. The van der Waals surface area contributed by atoms with Gasteiger partial charge in [0.15, 0.2) is 0 Å². The highest BCUT2D eigenvalue weighted by atomic mass is 32.2. The summed E-state index contributed by atoms with van der Waals surface area (Å²) in [5.74, 6) is 0.905. The summed E-state index contributed by atoms with van der Waals surface area (Å²) in [6, 6.07) is 9.63. The van der Waals surface area contributed by atoms with Crippen molar-refractivity contribution in [3.8, 4) is 0 Å². The SMILES string of the molecule is O=[N+]([O-])c1cc(CNc2ccc(SCCCO)cc2)cs1. The molecule has 0 aliphatic rings. The molecule has 0 aliphatic carbocycles. The Kier molecular flexibility index (Phi) is 6.04. The summed E-state index contributed by atoms with van der Waals surface area (Å²) in [4.78, 5) is 11.4. The van der Waals surface area contributed by atoms with Gasteiger partial charge in [0.25, 0.3) is 0 Å². The molecule has 2 aromatic rings. The molecule has 1 aromatic carbocycles. The van der Waals surface area contributed by atoms with E-state index in [1.807, 2.05) is 24.3 Å². The maximum absolute atomic E-state index is 10.6. The molecule has 0 atom stereocenters. The maximum atomic E-state index is 10.6. The highest BCUT2D eigenvalue weighted by Crippen LogP contribution is 2.24. The third-order valence-electron chi connectivity index (χ3n) is 2.74. The predicted octanol–water partition coefficient (Wildman–Crippen LogP) is 3.74. The summed E-state index contributed by atoms with van der Waals surface area (Å²) in [5.41, 5.74) is 1.89. The third-order valence-corrected chi connectivity index (χ3v) is 4.77. The van der Waals surface area contributed by atoms with E-state index in [1.165, 1.54) is 4.90 Å². The Hall–Kier alpha value is -1.57. The van der Waals surface area contributed by atoms with Gasteiger partial charge in [-0.15, -0.1) is 11.8 Å². The lowest BCUT2D eigenvalue weighted by Gasteiger charge is -2.06. The summed E-state index contributed by atoms with van der Waals surface area (Å²) >= 11 is 2.86. The molecule has 112 valence electrons. The van der Waals surface area contributed by atoms with Crippen LogP contribution in [0.3, 0.4) is 0 Å². The zero-order valence-electron chi connectivity index (χ0n) is 11.3. The molecule has 5 nitrogen and oxygen atoms in total. The second kappa shape index (κ2) is 8.02. The molecule has 1 aromatic heterocycles. The van der Waals surface area contributed by atoms with Gasteiger partial charge in [0.1, 0.15) is 0 Å². The Morgan fingerprint density at radius 3 is 2.71 bits per heavy atom. The number of aliphatic hydroxyl groups excluding tert-OH is 1. The highest BCUT2D eigenvalue weighted by molar-refractivity contribution is 7.99. The molecule has 0 fully saturated rings. The zero-order valence-corrected chi connectivity index (χ0v) is 13.0. The van der Waals surface area contributed by atoms with E-state index in [9.17, 15) is 10.1 Å². The minimum absolute atomic E-state index is 0.169. The zero-order chi connectivity index (χ0) is 15.1. The quantitative estimate of drug-likeness (QED) is 0.335. The number of rotatable bonds is 8. The number of hydrogen-bond acceptors (Lipinski definition) is 6. The maximum Gasteiger partial charge on any atom is 0.324 e. The van der Waals surface area contributed by atoms with Crippen molar-refractivity contribution in [3.63, 3.8) is 0 Å². The number of hydrogen-bond donors (Lipinski definition) is 2. The number of anilines is 1. The van der Waals surface area contributed by atoms with E-state index in [2.05, 4.69) is 5.32 Å². The van der Waals surface area contributed by atoms with Crippen LogP contribution in [0.1, 0.15) is 12.0 Å². The molecule has 2 N–H and O–H groups in total. The van der Waals surface area contributed by atoms with Crippen LogP contribution in [0.25, 0.3) is 0 Å². The molecule has 0 unspecified atom stereocenters. The van der Waals surface area contributed by atoms with Gasteiger partial charge in [0.05, 0.1) is 4.92 Å². The van der Waals surface area contributed by atoms with E-state index < -0.39 is 0 Å². The van der Waals surface area contributed by atoms with E-state index in [4.69, 9.17) is 5.11 Å². The second-order valence-electron chi connectivity index (χ2n) is 4.35. The molecule has 1 heterocycles. The van der Waals surface area contributed by atoms with Crippen LogP contribution >= 0.6 is 23.1 Å². The number of aliphatic hydroxyl groups is 1. The summed E-state index contributed by atoms with van der Waals surface area (Å²) in [7, 11) is 0. The number of thiophene rings is 1. The van der Waals surface area contributed by atoms with Crippen LogP contribution < -0.4 is 5.32 Å². The average molecular weight is 324 g/mol. The molecule has 7 heteroatoms. The topological polar surface area (TPSA) is 75.4 Å². The number of thioether (sulfide) groups is 1. The largest absolute Gasteiger partial charge is 0.396 e. The van der Waals surface area contributed by atoms with Gasteiger partial charge in [-0.3, -0.25) is 10.1 Å². The summed E-state index contributed by atoms with van der Waals surface area (Å²) in [6.45, 7) is 0.792. The summed E-state index contributed by atoms with van der Waals surface area (Å²) < 4.78 is 0. The van der Waals surface area contributed by atoms with Crippen molar-refractivity contribution in [2.75, 3.05) is 17.7 Å². The first kappa shape index (κ1) is 15.8. The van der Waals surface area contributed by atoms with Crippen molar-refractivity contribution < 1.29 is 10.0 Å². The molecule has 2 rings (SSSR count). The van der Waals surface area contributed by atoms with Gasteiger partial charge in [-0.2, -0.15) is 0 Å². The molecule has 0 saturated carbocycles. The minimum atomic E-state index is -0.368. The Labute approximate surface area is 131 Å². The van der Waals surface area contributed by atoms with Crippen LogP contribution in [0.2, 0.25) is 0 Å². The fourth-order valence-electron chi connectivity index (χ4n) is 1.68. The second-order valence-corrected chi connectivity index (χ2v) is 6.41. The Balaban J connectivity index is 1.83. The Morgan fingerprint density at radius 1 is 1.33 bits per heavy atom. The van der Waals surface area contributed by atoms with Crippen molar-refractivity contribution in [3.05, 3.63) is 51.4 Å². The third kappa shape index (κ3) is 5.04. The van der Waals surface area contributed by atoms with E-state index >= 15 is 0 Å². The van der Waals surface area contributed by atoms with E-state index in [-0.39, 0.29) is 16.5 Å². The van der Waals surface area contributed by atoms with Gasteiger partial charge in [-0.05, 0) is 36.2 Å². The first-order valence-corrected chi connectivity index (χ1v) is 8.35. The number of nitrogens with zero attached hydrogens (tertiary/aromatic N) is 1. The van der Waals surface area contributed by atoms with Gasteiger partial charge in [0.2, 0.25) is 0 Å². The number of nitro groups is 1.